The van der Waals surface area contributed by atoms with E-state index in [1.807, 2.05) is 0 Å². The summed E-state index contributed by atoms with van der Waals surface area (Å²) in [6, 6.07) is 10.9. The van der Waals surface area contributed by atoms with E-state index >= 15 is 0 Å². The highest BCUT2D eigenvalue weighted by atomic mass is 28.4. The molecule has 0 aliphatic carbocycles. The average molecular weight is 932 g/mol. The molecule has 61 heavy (non-hydrogen) atoms. The van der Waals surface area contributed by atoms with Gasteiger partial charge in [0.1, 0.15) is 24.2 Å². The molecule has 1 N–H and O–H groups in total. The minimum Gasteiger partial charge on any atom is -0.497 e. The Morgan fingerprint density at radius 1 is 0.656 bits per heavy atom. The molecule has 0 aliphatic heterocycles. The van der Waals surface area contributed by atoms with Crippen LogP contribution >= 0.6 is 0 Å². The third-order valence-corrected chi connectivity index (χ3v) is 15.6. The van der Waals surface area contributed by atoms with Crippen LogP contribution in [0.4, 0.5) is 85.1 Å². The number of alkyl halides is 17. The lowest BCUT2D eigenvalue weighted by molar-refractivity contribution is -0.461. The van der Waals surface area contributed by atoms with E-state index in [9.17, 15) is 79.4 Å². The second kappa shape index (κ2) is 18.8. The molecule has 0 radical (unpaired) electrons. The molecule has 0 saturated carbocycles. The molecule has 0 aliphatic rings. The predicted molar refractivity (Wildman–Crippen MR) is 189 cm³/mol. The quantitative estimate of drug-likeness (QED) is 0.0551. The molecule has 0 heterocycles. The van der Waals surface area contributed by atoms with Crippen molar-refractivity contribution in [1.82, 2.24) is 0 Å². The lowest BCUT2D eigenvalue weighted by atomic mass is 9.88. The molecule has 0 bridgehead atoms. The Bertz CT molecular complexity index is 1750. The molecule has 0 saturated heterocycles. The molecule has 2 rings (SSSR count). The molecule has 1 amide bonds. The van der Waals surface area contributed by atoms with Crippen molar-refractivity contribution in [2.45, 2.75) is 112 Å². The van der Waals surface area contributed by atoms with E-state index in [1.54, 1.807) is 31.2 Å². The first-order valence-electron chi connectivity index (χ1n) is 17.9. The number of methoxy groups -OCH3 is 1. The van der Waals surface area contributed by atoms with Crippen molar-refractivity contribution < 1.29 is 98.1 Å². The Labute approximate surface area is 339 Å². The van der Waals surface area contributed by atoms with Crippen molar-refractivity contribution in [1.29, 1.82) is 0 Å². The van der Waals surface area contributed by atoms with Gasteiger partial charge in [0, 0.05) is 18.0 Å². The molecule has 0 aromatic heterocycles. The zero-order valence-corrected chi connectivity index (χ0v) is 34.0. The van der Waals surface area contributed by atoms with E-state index in [4.69, 9.17) is 18.6 Å². The molecular formula is C37H42F17NO5Si. The number of halogens is 17. The van der Waals surface area contributed by atoms with Crippen LogP contribution in [-0.2, 0) is 9.16 Å². The lowest BCUT2D eigenvalue weighted by Crippen LogP contribution is -2.74. The molecule has 0 fully saturated rings. The van der Waals surface area contributed by atoms with Crippen molar-refractivity contribution in [2.24, 2.45) is 5.92 Å². The van der Waals surface area contributed by atoms with Gasteiger partial charge in [-0.05, 0) is 59.1 Å². The van der Waals surface area contributed by atoms with Gasteiger partial charge in [-0.2, -0.15) is 74.6 Å². The van der Waals surface area contributed by atoms with Crippen molar-refractivity contribution in [3.8, 4) is 11.5 Å². The van der Waals surface area contributed by atoms with Crippen molar-refractivity contribution in [3.05, 3.63) is 66.7 Å². The summed E-state index contributed by atoms with van der Waals surface area (Å²) < 4.78 is 257. The molecule has 6 nitrogen and oxygen atoms in total. The zero-order valence-electron chi connectivity index (χ0n) is 33.0. The fraction of sp³-hybridized carbons (Fsp3) is 0.595. The first kappa shape index (κ1) is 53.2. The van der Waals surface area contributed by atoms with E-state index in [0.29, 0.717) is 17.0 Å². The van der Waals surface area contributed by atoms with Gasteiger partial charge in [-0.3, -0.25) is 5.32 Å². The molecule has 0 spiro atoms. The van der Waals surface area contributed by atoms with Gasteiger partial charge in [-0.25, -0.2) is 4.79 Å². The maximum atomic E-state index is 14.9. The molecule has 2 aromatic carbocycles. The number of hydrogen-bond acceptors (Lipinski definition) is 5. The summed E-state index contributed by atoms with van der Waals surface area (Å²) in [5.41, 5.74) is -0.852. The maximum absolute atomic E-state index is 14.9. The Balaban J connectivity index is 2.24. The Hall–Kier alpha value is -3.96. The number of carbonyl (C=O) groups is 1. The molecule has 0 unspecified atom stereocenters. The molecule has 348 valence electrons. The second-order valence-electron chi connectivity index (χ2n) is 14.5. The van der Waals surface area contributed by atoms with Crippen molar-refractivity contribution in [3.63, 3.8) is 0 Å². The van der Waals surface area contributed by atoms with E-state index < -0.39 is 104 Å². The van der Waals surface area contributed by atoms with Crippen LogP contribution in [-0.4, -0.2) is 82.4 Å². The minimum atomic E-state index is -8.69. The number of amides is 1. The fourth-order valence-electron chi connectivity index (χ4n) is 6.04. The SMILES string of the molecule is C=C[C@@H](C)[C@H](OC(=O)Nc1ccc(OC)cc1)c1ccc(OCCO[Si](CCC(F)(F)C(F)(F)C(F)(F)C(F)(F)C(F)(F)C(F)(F)C(F)(F)C(F)(F)F)(C(C)C)C(C)C)cc1. The van der Waals surface area contributed by atoms with Crippen LogP contribution in [0.25, 0.3) is 0 Å². The van der Waals surface area contributed by atoms with Crippen LogP contribution in [0.2, 0.25) is 17.1 Å². The smallest absolute Gasteiger partial charge is 0.460 e. The third kappa shape index (κ3) is 10.3. The van der Waals surface area contributed by atoms with E-state index in [2.05, 4.69) is 11.9 Å². The van der Waals surface area contributed by atoms with Gasteiger partial charge >= 0.3 is 53.7 Å². The summed E-state index contributed by atoms with van der Waals surface area (Å²) in [5.74, 6) is -56.4. The van der Waals surface area contributed by atoms with Crippen LogP contribution in [0.1, 0.15) is 52.7 Å². The largest absolute Gasteiger partial charge is 0.497 e. The average Bonchev–Trinajstić information content (AvgIpc) is 3.15. The van der Waals surface area contributed by atoms with Gasteiger partial charge in [0.2, 0.25) is 0 Å². The maximum Gasteiger partial charge on any atom is 0.460 e. The number of hydrogen-bond donors (Lipinski definition) is 1. The first-order valence-corrected chi connectivity index (χ1v) is 20.2. The minimum absolute atomic E-state index is 0.158. The highest BCUT2D eigenvalue weighted by molar-refractivity contribution is 6.76. The number of ether oxygens (including phenoxy) is 3. The number of nitrogens with one attached hydrogen (secondary N) is 1. The first-order chi connectivity index (χ1) is 27.6. The van der Waals surface area contributed by atoms with Gasteiger partial charge < -0.3 is 18.6 Å². The van der Waals surface area contributed by atoms with Crippen molar-refractivity contribution >= 4 is 20.1 Å². The van der Waals surface area contributed by atoms with Crippen LogP contribution in [0.15, 0.2) is 61.2 Å². The fourth-order valence-corrected chi connectivity index (χ4v) is 10.5. The summed E-state index contributed by atoms with van der Waals surface area (Å²) >= 11 is 0. The van der Waals surface area contributed by atoms with Crippen LogP contribution in [0.3, 0.4) is 0 Å². The van der Waals surface area contributed by atoms with Gasteiger partial charge in [-0.1, -0.05) is 52.8 Å². The Morgan fingerprint density at radius 2 is 1.10 bits per heavy atom. The lowest BCUT2D eigenvalue weighted by Gasteiger charge is -2.44. The number of benzene rings is 2. The highest BCUT2D eigenvalue weighted by Gasteiger charge is 2.95. The number of anilines is 1. The van der Waals surface area contributed by atoms with E-state index in [0.717, 1.165) is 0 Å². The molecule has 2 aromatic rings. The van der Waals surface area contributed by atoms with Gasteiger partial charge in [0.05, 0.1) is 13.7 Å². The number of carbonyl (C=O) groups excluding carboxylic acids is 1. The standard InChI is InChI=1S/C37H42F17NO5Si/c1-8-23(6)28(60-29(56)55-25-11-15-26(57-7)16-12-25)24-9-13-27(14-10-24)58-18-19-59-61(21(2)3,22(4)5)20-17-30(38,39)31(40,41)32(42,43)33(44,45)34(46,47)35(48,49)36(50,51)37(52,53)54/h8-16,21-23,28H,1,17-20H2,2-7H3,(H,55,56)/t23-,28+/m1/s1. The van der Waals surface area contributed by atoms with Crippen LogP contribution < -0.4 is 14.8 Å². The summed E-state index contributed by atoms with van der Waals surface area (Å²) in [5, 5.41) is 2.57. The van der Waals surface area contributed by atoms with Gasteiger partial charge in [0.15, 0.2) is 8.32 Å². The molecule has 2 atom stereocenters. The monoisotopic (exact) mass is 931 g/mol. The van der Waals surface area contributed by atoms with Crippen LogP contribution in [0.5, 0.6) is 11.5 Å². The molecule has 24 heteroatoms. The summed E-state index contributed by atoms with van der Waals surface area (Å²) in [6.45, 7) is 9.85. The number of rotatable bonds is 22. The Morgan fingerprint density at radius 3 is 1.52 bits per heavy atom. The summed E-state index contributed by atoms with van der Waals surface area (Å²) in [4.78, 5) is 12.7. The normalized spacial score (nSPS) is 15.1. The third-order valence-electron chi connectivity index (χ3n) is 9.92. The van der Waals surface area contributed by atoms with Gasteiger partial charge in [0.25, 0.3) is 0 Å². The topological polar surface area (TPSA) is 66.0 Å². The van der Waals surface area contributed by atoms with Crippen molar-refractivity contribution in [2.75, 3.05) is 25.6 Å². The second-order valence-corrected chi connectivity index (χ2v) is 19.5. The zero-order chi connectivity index (χ0) is 47.4. The Kier molecular flexibility index (Phi) is 16.4. The summed E-state index contributed by atoms with van der Waals surface area (Å²) in [6.07, 6.45) is -10.5. The summed E-state index contributed by atoms with van der Waals surface area (Å²) in [7, 11) is -2.51. The predicted octanol–water partition coefficient (Wildman–Crippen LogP) is 13.4. The molecular weight excluding hydrogens is 889 g/mol. The van der Waals surface area contributed by atoms with Gasteiger partial charge in [-0.15, -0.1) is 6.58 Å². The highest BCUT2D eigenvalue weighted by Crippen LogP contribution is 2.64. The van der Waals surface area contributed by atoms with Crippen LogP contribution in [0, 0.1) is 5.92 Å². The van der Waals surface area contributed by atoms with E-state index in [1.165, 1.54) is 65.1 Å². The van der Waals surface area contributed by atoms with E-state index in [-0.39, 0.29) is 12.4 Å².